The molecule has 0 saturated carbocycles. The third-order valence-electron chi connectivity index (χ3n) is 4.18. The molecular formula is C22H15ClFN3OS. The molecule has 7 heteroatoms. The van der Waals surface area contributed by atoms with Crippen molar-refractivity contribution < 1.29 is 9.18 Å². The van der Waals surface area contributed by atoms with Gasteiger partial charge in [-0.05, 0) is 36.4 Å². The lowest BCUT2D eigenvalue weighted by atomic mass is 10.1. The first-order valence-electron chi connectivity index (χ1n) is 8.73. The van der Waals surface area contributed by atoms with Crippen LogP contribution in [0.2, 0.25) is 5.02 Å². The Morgan fingerprint density at radius 2 is 1.69 bits per heavy atom. The lowest BCUT2D eigenvalue weighted by Gasteiger charge is -2.07. The highest BCUT2D eigenvalue weighted by Crippen LogP contribution is 2.30. The molecule has 1 heterocycles. The molecule has 0 aliphatic rings. The fourth-order valence-corrected chi connectivity index (χ4v) is 3.62. The molecule has 0 aliphatic heterocycles. The fraction of sp³-hybridized carbons (Fsp3) is 0. The number of halogens is 2. The molecule has 4 nitrogen and oxygen atoms in total. The summed E-state index contributed by atoms with van der Waals surface area (Å²) in [6.45, 7) is 0. The van der Waals surface area contributed by atoms with Gasteiger partial charge in [0.15, 0.2) is 5.13 Å². The fourth-order valence-electron chi connectivity index (χ4n) is 2.71. The van der Waals surface area contributed by atoms with Crippen LogP contribution in [-0.4, -0.2) is 10.9 Å². The van der Waals surface area contributed by atoms with Gasteiger partial charge in [0.05, 0.1) is 22.0 Å². The number of benzene rings is 3. The topological polar surface area (TPSA) is 54.0 Å². The number of anilines is 3. The Labute approximate surface area is 176 Å². The van der Waals surface area contributed by atoms with Gasteiger partial charge in [0, 0.05) is 16.6 Å². The van der Waals surface area contributed by atoms with E-state index in [2.05, 4.69) is 15.6 Å². The summed E-state index contributed by atoms with van der Waals surface area (Å²) in [6, 6.07) is 20.6. The first-order valence-corrected chi connectivity index (χ1v) is 9.99. The van der Waals surface area contributed by atoms with Crippen molar-refractivity contribution in [2.75, 3.05) is 10.6 Å². The molecule has 0 atom stereocenters. The van der Waals surface area contributed by atoms with Crippen LogP contribution in [0.15, 0.2) is 78.2 Å². The van der Waals surface area contributed by atoms with Crippen LogP contribution in [0.4, 0.5) is 20.9 Å². The van der Waals surface area contributed by atoms with Crippen LogP contribution >= 0.6 is 22.9 Å². The van der Waals surface area contributed by atoms with Gasteiger partial charge in [0.1, 0.15) is 5.82 Å². The van der Waals surface area contributed by atoms with E-state index in [0.29, 0.717) is 10.7 Å². The number of thiazole rings is 1. The van der Waals surface area contributed by atoms with Crippen LogP contribution in [0.5, 0.6) is 0 Å². The van der Waals surface area contributed by atoms with Gasteiger partial charge in [-0.2, -0.15) is 0 Å². The lowest BCUT2D eigenvalue weighted by molar-refractivity contribution is 0.102. The predicted molar refractivity (Wildman–Crippen MR) is 117 cm³/mol. The largest absolute Gasteiger partial charge is 0.330 e. The Hall–Kier alpha value is -3.22. The standard InChI is InChI=1S/C22H15ClFN3OS/c23-17-6-2-4-8-19(17)26-22-27-20(13-29-22)14-9-11-15(12-10-14)25-21(28)16-5-1-3-7-18(16)24/h1-13H,(H,25,28)(H,26,27). The van der Waals surface area contributed by atoms with Gasteiger partial charge < -0.3 is 10.6 Å². The molecule has 0 bridgehead atoms. The first kappa shape index (κ1) is 19.1. The van der Waals surface area contributed by atoms with Crippen molar-refractivity contribution in [1.82, 2.24) is 4.98 Å². The SMILES string of the molecule is O=C(Nc1ccc(-c2csc(Nc3ccccc3Cl)n2)cc1)c1ccccc1F. The summed E-state index contributed by atoms with van der Waals surface area (Å²) >= 11 is 7.64. The summed E-state index contributed by atoms with van der Waals surface area (Å²) in [5.74, 6) is -1.04. The van der Waals surface area contributed by atoms with E-state index >= 15 is 0 Å². The maximum Gasteiger partial charge on any atom is 0.258 e. The molecule has 29 heavy (non-hydrogen) atoms. The number of carbonyl (C=O) groups is 1. The molecular weight excluding hydrogens is 409 g/mol. The van der Waals surface area contributed by atoms with E-state index < -0.39 is 11.7 Å². The van der Waals surface area contributed by atoms with Crippen molar-refractivity contribution in [2.24, 2.45) is 0 Å². The van der Waals surface area contributed by atoms with E-state index in [4.69, 9.17) is 11.6 Å². The summed E-state index contributed by atoms with van der Waals surface area (Å²) in [6.07, 6.45) is 0. The first-order chi connectivity index (χ1) is 14.1. The van der Waals surface area contributed by atoms with Crippen molar-refractivity contribution in [2.45, 2.75) is 0 Å². The summed E-state index contributed by atoms with van der Waals surface area (Å²) in [5, 5.41) is 9.19. The second-order valence-electron chi connectivity index (χ2n) is 6.15. The number of aromatic nitrogens is 1. The molecule has 144 valence electrons. The minimum absolute atomic E-state index is 0.00590. The normalized spacial score (nSPS) is 10.6. The second-order valence-corrected chi connectivity index (χ2v) is 7.42. The number of hydrogen-bond donors (Lipinski definition) is 2. The molecule has 0 unspecified atom stereocenters. The molecule has 4 rings (SSSR count). The highest BCUT2D eigenvalue weighted by molar-refractivity contribution is 7.14. The highest BCUT2D eigenvalue weighted by Gasteiger charge is 2.11. The molecule has 3 aromatic carbocycles. The lowest BCUT2D eigenvalue weighted by Crippen LogP contribution is -2.13. The monoisotopic (exact) mass is 423 g/mol. The number of nitrogens with one attached hydrogen (secondary N) is 2. The molecule has 4 aromatic rings. The molecule has 0 fully saturated rings. The molecule has 0 aliphatic carbocycles. The Morgan fingerprint density at radius 1 is 0.966 bits per heavy atom. The maximum atomic E-state index is 13.7. The van der Waals surface area contributed by atoms with E-state index in [-0.39, 0.29) is 5.56 Å². The van der Waals surface area contributed by atoms with E-state index in [1.54, 1.807) is 24.3 Å². The van der Waals surface area contributed by atoms with Crippen LogP contribution in [0.25, 0.3) is 11.3 Å². The second kappa shape index (κ2) is 8.43. The smallest absolute Gasteiger partial charge is 0.258 e. The number of hydrogen-bond acceptors (Lipinski definition) is 4. The van der Waals surface area contributed by atoms with Crippen molar-refractivity contribution >= 4 is 45.4 Å². The molecule has 0 spiro atoms. The van der Waals surface area contributed by atoms with Crippen molar-refractivity contribution in [3.05, 3.63) is 94.6 Å². The Kier molecular flexibility index (Phi) is 5.55. The zero-order valence-electron chi connectivity index (χ0n) is 15.0. The molecule has 0 saturated heterocycles. The number of para-hydroxylation sites is 1. The molecule has 1 amide bonds. The van der Waals surface area contributed by atoms with Gasteiger partial charge in [0.25, 0.3) is 5.91 Å². The van der Waals surface area contributed by atoms with Crippen molar-refractivity contribution in [1.29, 1.82) is 0 Å². The van der Waals surface area contributed by atoms with Crippen LogP contribution < -0.4 is 10.6 Å². The molecule has 2 N–H and O–H groups in total. The Balaban J connectivity index is 1.46. The quantitative estimate of drug-likeness (QED) is 0.380. The number of amides is 1. The highest BCUT2D eigenvalue weighted by atomic mass is 35.5. The van der Waals surface area contributed by atoms with Gasteiger partial charge in [-0.1, -0.05) is 48.0 Å². The van der Waals surface area contributed by atoms with E-state index in [1.807, 2.05) is 41.8 Å². The third kappa shape index (κ3) is 4.45. The van der Waals surface area contributed by atoms with Crippen LogP contribution in [0.1, 0.15) is 10.4 Å². The zero-order chi connectivity index (χ0) is 20.2. The van der Waals surface area contributed by atoms with E-state index in [9.17, 15) is 9.18 Å². The molecule has 0 radical (unpaired) electrons. The summed E-state index contributed by atoms with van der Waals surface area (Å²) in [5.41, 5.74) is 3.08. The summed E-state index contributed by atoms with van der Waals surface area (Å²) < 4.78 is 13.7. The number of carbonyl (C=O) groups excluding carboxylic acids is 1. The predicted octanol–water partition coefficient (Wildman–Crippen LogP) is 6.60. The number of rotatable bonds is 5. The van der Waals surface area contributed by atoms with E-state index in [0.717, 1.165) is 22.1 Å². The average molecular weight is 424 g/mol. The van der Waals surface area contributed by atoms with E-state index in [1.165, 1.54) is 23.5 Å². The Morgan fingerprint density at radius 3 is 2.45 bits per heavy atom. The van der Waals surface area contributed by atoms with Crippen molar-refractivity contribution in [3.63, 3.8) is 0 Å². The van der Waals surface area contributed by atoms with Gasteiger partial charge in [-0.3, -0.25) is 4.79 Å². The van der Waals surface area contributed by atoms with Gasteiger partial charge in [-0.15, -0.1) is 11.3 Å². The summed E-state index contributed by atoms with van der Waals surface area (Å²) in [4.78, 5) is 16.8. The van der Waals surface area contributed by atoms with Crippen LogP contribution in [0, 0.1) is 5.82 Å². The van der Waals surface area contributed by atoms with Crippen LogP contribution in [-0.2, 0) is 0 Å². The minimum Gasteiger partial charge on any atom is -0.330 e. The minimum atomic E-state index is -0.553. The summed E-state index contributed by atoms with van der Waals surface area (Å²) in [7, 11) is 0. The van der Waals surface area contributed by atoms with Crippen molar-refractivity contribution in [3.8, 4) is 11.3 Å². The van der Waals surface area contributed by atoms with Gasteiger partial charge in [-0.25, -0.2) is 9.37 Å². The third-order valence-corrected chi connectivity index (χ3v) is 5.26. The molecule has 1 aromatic heterocycles. The van der Waals surface area contributed by atoms with Crippen LogP contribution in [0.3, 0.4) is 0 Å². The zero-order valence-corrected chi connectivity index (χ0v) is 16.6. The average Bonchev–Trinajstić information content (AvgIpc) is 3.19. The number of nitrogens with zero attached hydrogens (tertiary/aromatic N) is 1. The maximum absolute atomic E-state index is 13.7. The van der Waals surface area contributed by atoms with Gasteiger partial charge in [0.2, 0.25) is 0 Å². The Bertz CT molecular complexity index is 1160. The van der Waals surface area contributed by atoms with Gasteiger partial charge >= 0.3 is 0 Å².